The van der Waals surface area contributed by atoms with Gasteiger partial charge in [0.1, 0.15) is 0 Å². The molecule has 1 saturated carbocycles. The third-order valence-electron chi connectivity index (χ3n) is 4.85. The minimum atomic E-state index is 0.234. The van der Waals surface area contributed by atoms with E-state index in [-0.39, 0.29) is 11.8 Å². The molecule has 1 fully saturated rings. The highest BCUT2D eigenvalue weighted by molar-refractivity contribution is 7.11. The molecule has 0 saturated heterocycles. The second-order valence-corrected chi connectivity index (χ2v) is 8.33. The SMILES string of the molecule is Cc1ccc(CN2Cc3ccnn3[C@H](CCNC(=O)C3CC3)C2)s1. The number of hydrogen-bond acceptors (Lipinski definition) is 4. The lowest BCUT2D eigenvalue weighted by molar-refractivity contribution is -0.122. The maximum absolute atomic E-state index is 11.8. The van der Waals surface area contributed by atoms with E-state index in [0.29, 0.717) is 6.04 Å². The van der Waals surface area contributed by atoms with Gasteiger partial charge in [0.2, 0.25) is 5.91 Å². The molecule has 128 valence electrons. The van der Waals surface area contributed by atoms with Crippen molar-refractivity contribution in [2.75, 3.05) is 13.1 Å². The smallest absolute Gasteiger partial charge is 0.223 e. The number of carbonyl (C=O) groups is 1. The van der Waals surface area contributed by atoms with Crippen LogP contribution in [0.25, 0.3) is 0 Å². The molecule has 24 heavy (non-hydrogen) atoms. The van der Waals surface area contributed by atoms with E-state index in [1.54, 1.807) is 0 Å². The summed E-state index contributed by atoms with van der Waals surface area (Å²) >= 11 is 1.88. The van der Waals surface area contributed by atoms with Crippen molar-refractivity contribution in [2.24, 2.45) is 5.92 Å². The highest BCUT2D eigenvalue weighted by Gasteiger charge is 2.30. The van der Waals surface area contributed by atoms with E-state index in [2.05, 4.69) is 45.1 Å². The molecule has 0 spiro atoms. The number of aryl methyl sites for hydroxylation is 1. The highest BCUT2D eigenvalue weighted by atomic mass is 32.1. The molecule has 2 aromatic rings. The molecule has 5 nitrogen and oxygen atoms in total. The summed E-state index contributed by atoms with van der Waals surface area (Å²) in [5.41, 5.74) is 1.27. The minimum Gasteiger partial charge on any atom is -0.356 e. The Morgan fingerprint density at radius 1 is 1.38 bits per heavy atom. The molecule has 3 heterocycles. The van der Waals surface area contributed by atoms with E-state index in [1.165, 1.54) is 15.4 Å². The number of nitrogens with one attached hydrogen (secondary N) is 1. The van der Waals surface area contributed by atoms with Gasteiger partial charge in [0.15, 0.2) is 0 Å². The second-order valence-electron chi connectivity index (χ2n) is 6.96. The van der Waals surface area contributed by atoms with E-state index in [9.17, 15) is 4.79 Å². The lowest BCUT2D eigenvalue weighted by atomic mass is 10.1. The number of thiophene rings is 1. The number of aromatic nitrogens is 2. The number of fused-ring (bicyclic) bond motifs is 1. The maximum Gasteiger partial charge on any atom is 0.223 e. The minimum absolute atomic E-state index is 0.234. The van der Waals surface area contributed by atoms with Crippen LogP contribution in [0.1, 0.15) is 40.8 Å². The van der Waals surface area contributed by atoms with Gasteiger partial charge in [0.05, 0.1) is 11.7 Å². The van der Waals surface area contributed by atoms with Gasteiger partial charge < -0.3 is 5.32 Å². The summed E-state index contributed by atoms with van der Waals surface area (Å²) < 4.78 is 2.15. The summed E-state index contributed by atoms with van der Waals surface area (Å²) in [6.45, 7) is 5.83. The summed E-state index contributed by atoms with van der Waals surface area (Å²) in [6.07, 6.45) is 4.95. The third-order valence-corrected chi connectivity index (χ3v) is 5.84. The van der Waals surface area contributed by atoms with Gasteiger partial charge in [-0.1, -0.05) is 0 Å². The maximum atomic E-state index is 11.8. The Bertz CT molecular complexity index is 718. The van der Waals surface area contributed by atoms with E-state index < -0.39 is 0 Å². The number of rotatable bonds is 6. The summed E-state index contributed by atoms with van der Waals surface area (Å²) in [5.74, 6) is 0.521. The zero-order valence-electron chi connectivity index (χ0n) is 14.1. The fourth-order valence-electron chi connectivity index (χ4n) is 3.44. The number of carbonyl (C=O) groups excluding carboxylic acids is 1. The molecule has 0 radical (unpaired) electrons. The molecular weight excluding hydrogens is 320 g/mol. The summed E-state index contributed by atoms with van der Waals surface area (Å²) in [7, 11) is 0. The zero-order valence-corrected chi connectivity index (χ0v) is 14.9. The first-order valence-corrected chi connectivity index (χ1v) is 9.58. The molecular formula is C18H24N4OS. The molecule has 2 aromatic heterocycles. The van der Waals surface area contributed by atoms with Crippen LogP contribution in [0.5, 0.6) is 0 Å². The van der Waals surface area contributed by atoms with Crippen LogP contribution in [0.3, 0.4) is 0 Å². The van der Waals surface area contributed by atoms with Crippen molar-refractivity contribution < 1.29 is 4.79 Å². The average molecular weight is 344 g/mol. The Morgan fingerprint density at radius 3 is 3.00 bits per heavy atom. The monoisotopic (exact) mass is 344 g/mol. The zero-order chi connectivity index (χ0) is 16.5. The van der Waals surface area contributed by atoms with Gasteiger partial charge in [-0.15, -0.1) is 11.3 Å². The largest absolute Gasteiger partial charge is 0.356 e. The highest BCUT2D eigenvalue weighted by Crippen LogP contribution is 2.29. The van der Waals surface area contributed by atoms with Crippen molar-refractivity contribution in [1.82, 2.24) is 20.0 Å². The predicted octanol–water partition coefficient (Wildman–Crippen LogP) is 2.73. The van der Waals surface area contributed by atoms with Gasteiger partial charge in [-0.3, -0.25) is 14.4 Å². The lowest BCUT2D eigenvalue weighted by Crippen LogP contribution is -2.39. The van der Waals surface area contributed by atoms with Crippen molar-refractivity contribution in [3.63, 3.8) is 0 Å². The van der Waals surface area contributed by atoms with Crippen molar-refractivity contribution >= 4 is 17.2 Å². The quantitative estimate of drug-likeness (QED) is 0.877. The summed E-state index contributed by atoms with van der Waals surface area (Å²) in [4.78, 5) is 17.1. The van der Waals surface area contributed by atoms with Gasteiger partial charge in [-0.2, -0.15) is 5.10 Å². The molecule has 4 rings (SSSR count). The number of hydrogen-bond donors (Lipinski definition) is 1. The first kappa shape index (κ1) is 15.8. The van der Waals surface area contributed by atoms with Gasteiger partial charge in [-0.05, 0) is 44.4 Å². The molecule has 6 heteroatoms. The van der Waals surface area contributed by atoms with E-state index in [4.69, 9.17) is 0 Å². The molecule has 0 unspecified atom stereocenters. The molecule has 1 N–H and O–H groups in total. The van der Waals surface area contributed by atoms with Crippen LogP contribution in [0, 0.1) is 12.8 Å². The Hall–Kier alpha value is -1.66. The lowest BCUT2D eigenvalue weighted by Gasteiger charge is -2.33. The van der Waals surface area contributed by atoms with E-state index >= 15 is 0 Å². The topological polar surface area (TPSA) is 50.2 Å². The third kappa shape index (κ3) is 3.54. The van der Waals surface area contributed by atoms with Crippen LogP contribution in [0.4, 0.5) is 0 Å². The van der Waals surface area contributed by atoms with Gasteiger partial charge in [-0.25, -0.2) is 0 Å². The van der Waals surface area contributed by atoms with Crippen molar-refractivity contribution in [3.8, 4) is 0 Å². The van der Waals surface area contributed by atoms with Crippen LogP contribution in [0.15, 0.2) is 24.4 Å². The van der Waals surface area contributed by atoms with E-state index in [0.717, 1.165) is 45.4 Å². The van der Waals surface area contributed by atoms with Crippen LogP contribution < -0.4 is 5.32 Å². The van der Waals surface area contributed by atoms with Crippen molar-refractivity contribution in [1.29, 1.82) is 0 Å². The standard InChI is InChI=1S/C18H24N4OS/c1-13-2-5-17(24-13)12-21-10-15(22-16(11-21)7-9-20-22)6-8-19-18(23)14-3-4-14/h2,5,7,9,14-15H,3-4,6,8,10-12H2,1H3,(H,19,23)/t15-/m1/s1. The van der Waals surface area contributed by atoms with Crippen molar-refractivity contribution in [3.05, 3.63) is 39.8 Å². The average Bonchev–Trinajstić information content (AvgIpc) is 3.18. The Kier molecular flexibility index (Phi) is 4.41. The van der Waals surface area contributed by atoms with Crippen LogP contribution in [-0.2, 0) is 17.9 Å². The normalized spacial score (nSPS) is 20.8. The molecule has 1 atom stereocenters. The van der Waals surface area contributed by atoms with Crippen LogP contribution >= 0.6 is 11.3 Å². The molecule has 1 amide bonds. The molecule has 0 bridgehead atoms. The first-order valence-electron chi connectivity index (χ1n) is 8.77. The Labute approximate surface area is 146 Å². The van der Waals surface area contributed by atoms with Crippen LogP contribution in [0.2, 0.25) is 0 Å². The van der Waals surface area contributed by atoms with Gasteiger partial charge in [0, 0.05) is 48.0 Å². The van der Waals surface area contributed by atoms with E-state index in [1.807, 2.05) is 17.5 Å². The fraction of sp³-hybridized carbons (Fsp3) is 0.556. The molecule has 1 aliphatic carbocycles. The van der Waals surface area contributed by atoms with Gasteiger partial charge >= 0.3 is 0 Å². The second kappa shape index (κ2) is 6.69. The Balaban J connectivity index is 1.38. The fourth-order valence-corrected chi connectivity index (χ4v) is 4.37. The molecule has 0 aromatic carbocycles. The van der Waals surface area contributed by atoms with Gasteiger partial charge in [0.25, 0.3) is 0 Å². The predicted molar refractivity (Wildman–Crippen MR) is 94.8 cm³/mol. The molecule has 1 aliphatic heterocycles. The first-order chi connectivity index (χ1) is 11.7. The number of amides is 1. The summed E-state index contributed by atoms with van der Waals surface area (Å²) in [6, 6.07) is 6.88. The number of nitrogens with zero attached hydrogens (tertiary/aromatic N) is 3. The van der Waals surface area contributed by atoms with Crippen LogP contribution in [-0.4, -0.2) is 33.7 Å². The molecule has 2 aliphatic rings. The summed E-state index contributed by atoms with van der Waals surface area (Å²) in [5, 5.41) is 7.60. The Morgan fingerprint density at radius 2 is 2.25 bits per heavy atom. The van der Waals surface area contributed by atoms with Crippen molar-refractivity contribution in [2.45, 2.75) is 45.3 Å².